The Morgan fingerprint density at radius 3 is 2.95 bits per heavy atom. The van der Waals surface area contributed by atoms with E-state index in [9.17, 15) is 9.18 Å². The van der Waals surface area contributed by atoms with E-state index in [4.69, 9.17) is 0 Å². The molecule has 19 heavy (non-hydrogen) atoms. The van der Waals surface area contributed by atoms with Gasteiger partial charge in [-0.3, -0.25) is 4.79 Å². The SMILES string of the molecule is C=CCC(C)c1nn(-c2cccc(F)c2)cc1C=O. The van der Waals surface area contributed by atoms with Crippen molar-refractivity contribution in [2.24, 2.45) is 0 Å². The Balaban J connectivity index is 2.43. The summed E-state index contributed by atoms with van der Waals surface area (Å²) in [5, 5.41) is 4.38. The molecule has 0 fully saturated rings. The Labute approximate surface area is 111 Å². The van der Waals surface area contributed by atoms with Crippen molar-refractivity contribution in [3.63, 3.8) is 0 Å². The number of aromatic nitrogens is 2. The van der Waals surface area contributed by atoms with Gasteiger partial charge in [-0.25, -0.2) is 9.07 Å². The molecular formula is C15H15FN2O. The van der Waals surface area contributed by atoms with E-state index in [0.29, 0.717) is 16.9 Å². The van der Waals surface area contributed by atoms with Crippen molar-refractivity contribution in [3.05, 3.63) is 60.2 Å². The van der Waals surface area contributed by atoms with Crippen LogP contribution in [-0.4, -0.2) is 16.1 Å². The van der Waals surface area contributed by atoms with Crippen LogP contribution < -0.4 is 0 Å². The minimum atomic E-state index is -0.332. The second-order valence-corrected chi connectivity index (χ2v) is 4.44. The van der Waals surface area contributed by atoms with Gasteiger partial charge in [-0.2, -0.15) is 5.10 Å². The first-order valence-corrected chi connectivity index (χ1v) is 6.07. The van der Waals surface area contributed by atoms with Crippen LogP contribution in [0.1, 0.15) is 35.3 Å². The quantitative estimate of drug-likeness (QED) is 0.607. The van der Waals surface area contributed by atoms with E-state index in [0.717, 1.165) is 12.7 Å². The molecule has 0 amide bonds. The molecule has 0 spiro atoms. The third-order valence-electron chi connectivity index (χ3n) is 2.96. The van der Waals surface area contributed by atoms with Gasteiger partial charge in [-0.15, -0.1) is 6.58 Å². The number of allylic oxidation sites excluding steroid dienone is 1. The second-order valence-electron chi connectivity index (χ2n) is 4.44. The van der Waals surface area contributed by atoms with E-state index >= 15 is 0 Å². The predicted octanol–water partition coefficient (Wildman–Crippen LogP) is 3.50. The summed E-state index contributed by atoms with van der Waals surface area (Å²) in [6.45, 7) is 5.66. The molecule has 4 heteroatoms. The Hall–Kier alpha value is -2.23. The third-order valence-corrected chi connectivity index (χ3v) is 2.96. The lowest BCUT2D eigenvalue weighted by Crippen LogP contribution is -1.99. The minimum absolute atomic E-state index is 0.104. The highest BCUT2D eigenvalue weighted by molar-refractivity contribution is 5.76. The molecule has 0 N–H and O–H groups in total. The van der Waals surface area contributed by atoms with Crippen LogP contribution >= 0.6 is 0 Å². The fourth-order valence-electron chi connectivity index (χ4n) is 1.99. The number of carbonyl (C=O) groups is 1. The first-order chi connectivity index (χ1) is 9.15. The average molecular weight is 258 g/mol. The molecule has 0 bridgehead atoms. The standard InChI is InChI=1S/C15H15FN2O/c1-3-5-11(2)15-12(10-19)9-18(17-15)14-7-4-6-13(16)8-14/h3-4,6-11H,1,5H2,2H3. The van der Waals surface area contributed by atoms with Crippen molar-refractivity contribution < 1.29 is 9.18 Å². The molecule has 1 aromatic heterocycles. The maximum absolute atomic E-state index is 13.2. The molecule has 0 aliphatic rings. The second kappa shape index (κ2) is 5.61. The lowest BCUT2D eigenvalue weighted by molar-refractivity contribution is 0.112. The van der Waals surface area contributed by atoms with Gasteiger partial charge in [0, 0.05) is 12.1 Å². The highest BCUT2D eigenvalue weighted by Gasteiger charge is 2.15. The number of halogens is 1. The summed E-state index contributed by atoms with van der Waals surface area (Å²) in [7, 11) is 0. The summed E-state index contributed by atoms with van der Waals surface area (Å²) >= 11 is 0. The van der Waals surface area contributed by atoms with Gasteiger partial charge in [-0.05, 0) is 24.6 Å². The molecular weight excluding hydrogens is 243 g/mol. The third kappa shape index (κ3) is 2.78. The lowest BCUT2D eigenvalue weighted by Gasteiger charge is -2.05. The van der Waals surface area contributed by atoms with Crippen LogP contribution in [0.15, 0.2) is 43.1 Å². The molecule has 1 atom stereocenters. The van der Waals surface area contributed by atoms with Gasteiger partial charge in [0.1, 0.15) is 5.82 Å². The van der Waals surface area contributed by atoms with Crippen LogP contribution in [0, 0.1) is 5.82 Å². The van der Waals surface area contributed by atoms with Crippen LogP contribution in [0.2, 0.25) is 0 Å². The molecule has 1 aromatic carbocycles. The number of hydrogen-bond acceptors (Lipinski definition) is 2. The molecule has 0 aliphatic heterocycles. The van der Waals surface area contributed by atoms with Gasteiger partial charge in [0.05, 0.1) is 16.9 Å². The zero-order valence-electron chi connectivity index (χ0n) is 10.7. The predicted molar refractivity (Wildman–Crippen MR) is 72.1 cm³/mol. The Morgan fingerprint density at radius 2 is 2.32 bits per heavy atom. The largest absolute Gasteiger partial charge is 0.298 e. The molecule has 2 rings (SSSR count). The highest BCUT2D eigenvalue weighted by atomic mass is 19.1. The van der Waals surface area contributed by atoms with Gasteiger partial charge in [0.25, 0.3) is 0 Å². The van der Waals surface area contributed by atoms with Crippen molar-refractivity contribution in [1.82, 2.24) is 9.78 Å². The number of benzene rings is 1. The summed E-state index contributed by atoms with van der Waals surface area (Å²) in [5.41, 5.74) is 1.83. The number of hydrogen-bond donors (Lipinski definition) is 0. The number of aldehydes is 1. The molecule has 98 valence electrons. The maximum Gasteiger partial charge on any atom is 0.153 e. The summed E-state index contributed by atoms with van der Waals surface area (Å²) < 4.78 is 14.7. The molecule has 1 unspecified atom stereocenters. The summed E-state index contributed by atoms with van der Waals surface area (Å²) in [6.07, 6.45) is 4.93. The molecule has 2 aromatic rings. The van der Waals surface area contributed by atoms with E-state index in [1.165, 1.54) is 16.8 Å². The molecule has 0 saturated heterocycles. The minimum Gasteiger partial charge on any atom is -0.298 e. The highest BCUT2D eigenvalue weighted by Crippen LogP contribution is 2.22. The first-order valence-electron chi connectivity index (χ1n) is 6.07. The monoisotopic (exact) mass is 258 g/mol. The zero-order valence-corrected chi connectivity index (χ0v) is 10.7. The number of nitrogens with zero attached hydrogens (tertiary/aromatic N) is 2. The van der Waals surface area contributed by atoms with Crippen molar-refractivity contribution in [2.45, 2.75) is 19.3 Å². The topological polar surface area (TPSA) is 34.9 Å². The fourth-order valence-corrected chi connectivity index (χ4v) is 1.99. The normalized spacial score (nSPS) is 12.1. The van der Waals surface area contributed by atoms with Gasteiger partial charge < -0.3 is 0 Å². The molecule has 0 saturated carbocycles. The fraction of sp³-hybridized carbons (Fsp3) is 0.200. The van der Waals surface area contributed by atoms with Gasteiger partial charge in [-0.1, -0.05) is 19.1 Å². The first kappa shape index (κ1) is 13.2. The smallest absolute Gasteiger partial charge is 0.153 e. The molecule has 0 radical (unpaired) electrons. The molecule has 1 heterocycles. The van der Waals surface area contributed by atoms with Crippen molar-refractivity contribution in [2.75, 3.05) is 0 Å². The van der Waals surface area contributed by atoms with Crippen molar-refractivity contribution >= 4 is 6.29 Å². The Bertz CT molecular complexity index is 604. The maximum atomic E-state index is 13.2. The van der Waals surface area contributed by atoms with E-state index in [1.54, 1.807) is 24.4 Å². The summed E-state index contributed by atoms with van der Waals surface area (Å²) in [4.78, 5) is 11.1. The van der Waals surface area contributed by atoms with Gasteiger partial charge in [0.15, 0.2) is 6.29 Å². The van der Waals surface area contributed by atoms with Crippen molar-refractivity contribution in [1.29, 1.82) is 0 Å². The Morgan fingerprint density at radius 1 is 1.53 bits per heavy atom. The number of rotatable bonds is 5. The summed E-state index contributed by atoms with van der Waals surface area (Å²) in [6, 6.07) is 6.10. The van der Waals surface area contributed by atoms with Crippen molar-refractivity contribution in [3.8, 4) is 5.69 Å². The van der Waals surface area contributed by atoms with Crippen LogP contribution in [-0.2, 0) is 0 Å². The van der Waals surface area contributed by atoms with Crippen LogP contribution in [0.3, 0.4) is 0 Å². The van der Waals surface area contributed by atoms with E-state index < -0.39 is 0 Å². The van der Waals surface area contributed by atoms with Gasteiger partial charge in [0.2, 0.25) is 0 Å². The lowest BCUT2D eigenvalue weighted by atomic mass is 10.0. The average Bonchev–Trinajstić information content (AvgIpc) is 2.83. The van der Waals surface area contributed by atoms with Gasteiger partial charge >= 0.3 is 0 Å². The zero-order chi connectivity index (χ0) is 13.8. The van der Waals surface area contributed by atoms with Crippen LogP contribution in [0.5, 0.6) is 0 Å². The molecule has 3 nitrogen and oxygen atoms in total. The molecule has 0 aliphatic carbocycles. The summed E-state index contributed by atoms with van der Waals surface area (Å²) in [5.74, 6) is -0.228. The van der Waals surface area contributed by atoms with E-state index in [-0.39, 0.29) is 11.7 Å². The van der Waals surface area contributed by atoms with E-state index in [1.807, 2.05) is 6.92 Å². The number of carbonyl (C=O) groups excluding carboxylic acids is 1. The Kier molecular flexibility index (Phi) is 3.90. The van der Waals surface area contributed by atoms with E-state index in [2.05, 4.69) is 11.7 Å². The van der Waals surface area contributed by atoms with Crippen LogP contribution in [0.25, 0.3) is 5.69 Å². The van der Waals surface area contributed by atoms with Crippen LogP contribution in [0.4, 0.5) is 4.39 Å².